The zero-order chi connectivity index (χ0) is 22.1. The van der Waals surface area contributed by atoms with Gasteiger partial charge >= 0.3 is 5.69 Å². The number of para-hydroxylation sites is 2. The second-order valence-corrected chi connectivity index (χ2v) is 9.85. The van der Waals surface area contributed by atoms with Crippen LogP contribution < -0.4 is 15.7 Å². The number of benzene rings is 2. The van der Waals surface area contributed by atoms with Gasteiger partial charge in [-0.15, -0.1) is 0 Å². The molecule has 0 radical (unpaired) electrons. The molecule has 0 aliphatic heterocycles. The van der Waals surface area contributed by atoms with Crippen molar-refractivity contribution in [3.8, 4) is 0 Å². The molecule has 0 saturated carbocycles. The SMILES string of the molecule is Cn1c(=O)n(CCC(=O)Nc2cccc(S(=O)(=O)NC(C)(C)C)c2)c2ccccc21. The van der Waals surface area contributed by atoms with E-state index in [-0.39, 0.29) is 29.5 Å². The van der Waals surface area contributed by atoms with Crippen LogP contribution in [0.5, 0.6) is 0 Å². The first kappa shape index (κ1) is 21.8. The van der Waals surface area contributed by atoms with Crippen LogP contribution in [0.1, 0.15) is 27.2 Å². The molecular formula is C21H26N4O4S. The van der Waals surface area contributed by atoms with Crippen LogP contribution in [0.3, 0.4) is 0 Å². The summed E-state index contributed by atoms with van der Waals surface area (Å²) in [5.74, 6) is -0.312. The zero-order valence-corrected chi connectivity index (χ0v) is 18.3. The number of anilines is 1. The Morgan fingerprint density at radius 2 is 1.70 bits per heavy atom. The molecule has 9 heteroatoms. The van der Waals surface area contributed by atoms with Crippen LogP contribution in [0, 0.1) is 0 Å². The quantitative estimate of drug-likeness (QED) is 0.627. The number of imidazole rings is 1. The molecule has 8 nitrogen and oxygen atoms in total. The number of fused-ring (bicyclic) bond motifs is 1. The van der Waals surface area contributed by atoms with E-state index in [0.29, 0.717) is 5.69 Å². The summed E-state index contributed by atoms with van der Waals surface area (Å²) in [5, 5.41) is 2.71. The fraction of sp³-hybridized carbons (Fsp3) is 0.333. The highest BCUT2D eigenvalue weighted by Gasteiger charge is 2.22. The first-order valence-corrected chi connectivity index (χ1v) is 11.0. The third-order valence-corrected chi connectivity index (χ3v) is 6.24. The van der Waals surface area contributed by atoms with E-state index in [1.165, 1.54) is 12.1 Å². The van der Waals surface area contributed by atoms with Crippen molar-refractivity contribution in [1.29, 1.82) is 0 Å². The minimum Gasteiger partial charge on any atom is -0.326 e. The number of aryl methyl sites for hydroxylation is 2. The van der Waals surface area contributed by atoms with Gasteiger partial charge in [0.05, 0.1) is 15.9 Å². The number of nitrogens with one attached hydrogen (secondary N) is 2. The molecule has 3 rings (SSSR count). The molecule has 0 atom stereocenters. The predicted molar refractivity (Wildman–Crippen MR) is 117 cm³/mol. The van der Waals surface area contributed by atoms with Gasteiger partial charge in [-0.2, -0.15) is 0 Å². The first-order valence-electron chi connectivity index (χ1n) is 9.56. The molecule has 1 aromatic heterocycles. The van der Waals surface area contributed by atoms with Gasteiger partial charge < -0.3 is 5.32 Å². The first-order chi connectivity index (χ1) is 14.0. The van der Waals surface area contributed by atoms with Gasteiger partial charge in [-0.3, -0.25) is 13.9 Å². The maximum Gasteiger partial charge on any atom is 0.328 e. The summed E-state index contributed by atoms with van der Waals surface area (Å²) in [6.45, 7) is 5.48. The van der Waals surface area contributed by atoms with Crippen LogP contribution in [0.25, 0.3) is 11.0 Å². The second kappa shape index (κ2) is 8.08. The van der Waals surface area contributed by atoms with Crippen molar-refractivity contribution in [2.75, 3.05) is 5.32 Å². The average molecular weight is 431 g/mol. The van der Waals surface area contributed by atoms with E-state index in [0.717, 1.165) is 11.0 Å². The largest absolute Gasteiger partial charge is 0.328 e. The van der Waals surface area contributed by atoms with E-state index < -0.39 is 15.6 Å². The Labute approximate surface area is 175 Å². The Morgan fingerprint density at radius 3 is 2.37 bits per heavy atom. The van der Waals surface area contributed by atoms with Crippen LogP contribution >= 0.6 is 0 Å². The summed E-state index contributed by atoms with van der Waals surface area (Å²) in [7, 11) is -2.01. The number of amides is 1. The summed E-state index contributed by atoms with van der Waals surface area (Å²) in [6.07, 6.45) is 0.0745. The van der Waals surface area contributed by atoms with Gasteiger partial charge in [-0.05, 0) is 51.1 Å². The lowest BCUT2D eigenvalue weighted by Crippen LogP contribution is -2.40. The molecule has 0 aliphatic carbocycles. The molecule has 1 heterocycles. The number of carbonyl (C=O) groups is 1. The second-order valence-electron chi connectivity index (χ2n) is 8.16. The van der Waals surface area contributed by atoms with Crippen molar-refractivity contribution < 1.29 is 13.2 Å². The van der Waals surface area contributed by atoms with Crippen LogP contribution in [-0.2, 0) is 28.4 Å². The normalized spacial score (nSPS) is 12.3. The molecule has 3 aromatic rings. The van der Waals surface area contributed by atoms with Crippen LogP contribution in [0.4, 0.5) is 5.69 Å². The Bertz CT molecular complexity index is 1250. The van der Waals surface area contributed by atoms with Crippen molar-refractivity contribution in [1.82, 2.24) is 13.9 Å². The molecule has 2 N–H and O–H groups in total. The van der Waals surface area contributed by atoms with E-state index in [4.69, 9.17) is 0 Å². The molecular weight excluding hydrogens is 404 g/mol. The van der Waals surface area contributed by atoms with E-state index in [9.17, 15) is 18.0 Å². The van der Waals surface area contributed by atoms with Gasteiger partial charge in [0.2, 0.25) is 15.9 Å². The Hall–Kier alpha value is -2.91. The Kier molecular flexibility index (Phi) is 5.87. The van der Waals surface area contributed by atoms with Gasteiger partial charge in [-0.1, -0.05) is 18.2 Å². The fourth-order valence-corrected chi connectivity index (χ4v) is 4.68. The highest BCUT2D eigenvalue weighted by atomic mass is 32.2. The average Bonchev–Trinajstić information content (AvgIpc) is 2.89. The van der Waals surface area contributed by atoms with Crippen molar-refractivity contribution in [3.05, 3.63) is 59.0 Å². The maximum atomic E-state index is 12.5. The fourth-order valence-electron chi connectivity index (χ4n) is 3.22. The molecule has 0 saturated heterocycles. The van der Waals surface area contributed by atoms with Crippen molar-refractivity contribution >= 4 is 32.7 Å². The van der Waals surface area contributed by atoms with Crippen molar-refractivity contribution in [2.24, 2.45) is 7.05 Å². The molecule has 0 unspecified atom stereocenters. The molecule has 0 aliphatic rings. The number of aromatic nitrogens is 2. The molecule has 30 heavy (non-hydrogen) atoms. The molecule has 1 amide bonds. The third-order valence-electron chi connectivity index (χ3n) is 4.48. The zero-order valence-electron chi connectivity index (χ0n) is 17.5. The van der Waals surface area contributed by atoms with Crippen molar-refractivity contribution in [2.45, 2.75) is 44.2 Å². The molecule has 0 spiro atoms. The third kappa shape index (κ3) is 4.80. The van der Waals surface area contributed by atoms with E-state index in [1.54, 1.807) is 49.1 Å². The lowest BCUT2D eigenvalue weighted by atomic mass is 10.1. The summed E-state index contributed by atoms with van der Waals surface area (Å²) < 4.78 is 30.7. The smallest absolute Gasteiger partial charge is 0.326 e. The number of hydrogen-bond donors (Lipinski definition) is 2. The number of carbonyl (C=O) groups excluding carboxylic acids is 1. The predicted octanol–water partition coefficient (Wildman–Crippen LogP) is 2.45. The van der Waals surface area contributed by atoms with Gasteiger partial charge in [0.15, 0.2) is 0 Å². The van der Waals surface area contributed by atoms with Gasteiger partial charge in [0, 0.05) is 31.2 Å². The Balaban J connectivity index is 1.72. The van der Waals surface area contributed by atoms with Gasteiger partial charge in [0.25, 0.3) is 0 Å². The lowest BCUT2D eigenvalue weighted by molar-refractivity contribution is -0.116. The van der Waals surface area contributed by atoms with Crippen LogP contribution in [-0.4, -0.2) is 29.0 Å². The highest BCUT2D eigenvalue weighted by Crippen LogP contribution is 2.18. The topological polar surface area (TPSA) is 102 Å². The number of rotatable bonds is 6. The Morgan fingerprint density at radius 1 is 1.03 bits per heavy atom. The minimum atomic E-state index is -3.71. The summed E-state index contributed by atoms with van der Waals surface area (Å²) >= 11 is 0. The minimum absolute atomic E-state index is 0.0699. The monoisotopic (exact) mass is 430 g/mol. The van der Waals surface area contributed by atoms with E-state index in [1.807, 2.05) is 24.3 Å². The number of hydrogen-bond acceptors (Lipinski definition) is 4. The highest BCUT2D eigenvalue weighted by molar-refractivity contribution is 7.89. The summed E-state index contributed by atoms with van der Waals surface area (Å²) in [6, 6.07) is 13.5. The number of nitrogens with zero attached hydrogens (tertiary/aromatic N) is 2. The summed E-state index contributed by atoms with van der Waals surface area (Å²) in [4.78, 5) is 24.9. The standard InChI is InChI=1S/C21H26N4O4S/c1-21(2,3)23-30(28,29)16-9-7-8-15(14-16)22-19(26)12-13-25-18-11-6-5-10-17(18)24(4)20(25)27/h5-11,14,23H,12-13H2,1-4H3,(H,22,26). The number of sulfonamides is 1. The van der Waals surface area contributed by atoms with E-state index >= 15 is 0 Å². The van der Waals surface area contributed by atoms with Gasteiger partial charge in [0.1, 0.15) is 0 Å². The molecule has 0 fully saturated rings. The molecule has 160 valence electrons. The molecule has 2 aromatic carbocycles. The van der Waals surface area contributed by atoms with Gasteiger partial charge in [-0.25, -0.2) is 17.9 Å². The molecule has 0 bridgehead atoms. The van der Waals surface area contributed by atoms with Crippen LogP contribution in [0.2, 0.25) is 0 Å². The van der Waals surface area contributed by atoms with Crippen molar-refractivity contribution in [3.63, 3.8) is 0 Å². The van der Waals surface area contributed by atoms with Crippen LogP contribution in [0.15, 0.2) is 58.2 Å². The van der Waals surface area contributed by atoms with E-state index in [2.05, 4.69) is 10.0 Å². The summed E-state index contributed by atoms with van der Waals surface area (Å²) in [5.41, 5.74) is 1.13. The lowest BCUT2D eigenvalue weighted by Gasteiger charge is -2.20. The maximum absolute atomic E-state index is 12.5.